The molecule has 0 bridgehead atoms. The number of anilines is 1. The van der Waals surface area contributed by atoms with Gasteiger partial charge >= 0.3 is 0 Å². The van der Waals surface area contributed by atoms with Crippen molar-refractivity contribution < 1.29 is 0 Å². The van der Waals surface area contributed by atoms with Crippen LogP contribution in [0.3, 0.4) is 0 Å². The Bertz CT molecular complexity index is 764. The summed E-state index contributed by atoms with van der Waals surface area (Å²) in [7, 11) is 3.95. The Balaban J connectivity index is 1.63. The minimum Gasteiger partial charge on any atom is -0.353 e. The van der Waals surface area contributed by atoms with Gasteiger partial charge in [-0.25, -0.2) is 9.97 Å². The average Bonchev–Trinajstić information content (AvgIpc) is 3.14. The summed E-state index contributed by atoms with van der Waals surface area (Å²) >= 11 is 3.06. The highest BCUT2D eigenvalue weighted by Gasteiger charge is 2.10. The van der Waals surface area contributed by atoms with Gasteiger partial charge in [0.2, 0.25) is 5.13 Å². The van der Waals surface area contributed by atoms with E-state index in [-0.39, 0.29) is 0 Å². The Morgan fingerprint density at radius 1 is 1.17 bits per heavy atom. The van der Waals surface area contributed by atoms with Crippen molar-refractivity contribution in [1.29, 1.82) is 0 Å². The topological polar surface area (TPSA) is 57.7 Å². The summed E-state index contributed by atoms with van der Waals surface area (Å²) in [5, 5.41) is 1.86. The minimum absolute atomic E-state index is 0.724. The zero-order valence-electron chi connectivity index (χ0n) is 13.4. The summed E-state index contributed by atoms with van der Waals surface area (Å²) in [4.78, 5) is 14.5. The maximum Gasteiger partial charge on any atom is 0.204 e. The number of nitrogens with zero attached hydrogens (tertiary/aromatic N) is 4. The first-order valence-electron chi connectivity index (χ1n) is 7.34. The molecular weight excluding hydrogens is 326 g/mol. The third-order valence-corrected chi connectivity index (χ3v) is 5.15. The molecule has 1 aromatic carbocycles. The van der Waals surface area contributed by atoms with Gasteiger partial charge in [-0.15, -0.1) is 0 Å². The molecule has 0 aliphatic heterocycles. The third kappa shape index (κ3) is 4.11. The molecule has 23 heavy (non-hydrogen) atoms. The second kappa shape index (κ2) is 7.14. The lowest BCUT2D eigenvalue weighted by molar-refractivity contribution is 1.00. The molecule has 7 heteroatoms. The van der Waals surface area contributed by atoms with Crippen molar-refractivity contribution in [3.63, 3.8) is 0 Å². The molecule has 5 nitrogen and oxygen atoms in total. The van der Waals surface area contributed by atoms with E-state index in [9.17, 15) is 0 Å². The van der Waals surface area contributed by atoms with Crippen LogP contribution in [0.15, 0.2) is 35.5 Å². The fourth-order valence-corrected chi connectivity index (χ4v) is 3.59. The third-order valence-electron chi connectivity index (χ3n) is 3.36. The van der Waals surface area contributed by atoms with Crippen LogP contribution in [0.1, 0.15) is 22.8 Å². The molecule has 0 saturated heterocycles. The maximum atomic E-state index is 4.71. The van der Waals surface area contributed by atoms with Crippen molar-refractivity contribution in [3.8, 4) is 0 Å². The highest BCUT2D eigenvalue weighted by Crippen LogP contribution is 2.23. The second-order valence-electron chi connectivity index (χ2n) is 5.45. The molecule has 0 amide bonds. The number of aromatic nitrogens is 4. The van der Waals surface area contributed by atoms with Crippen LogP contribution >= 0.6 is 23.3 Å². The SMILES string of the molecule is Cc1[nH]c(SCc2nsc(N(C)C)n2)nc1Cc1ccccc1. The van der Waals surface area contributed by atoms with E-state index >= 15 is 0 Å². The molecule has 120 valence electrons. The van der Waals surface area contributed by atoms with Crippen LogP contribution in [0, 0.1) is 6.92 Å². The Morgan fingerprint density at radius 3 is 2.65 bits per heavy atom. The molecule has 2 heterocycles. The van der Waals surface area contributed by atoms with Crippen LogP contribution in [0.25, 0.3) is 0 Å². The van der Waals surface area contributed by atoms with E-state index in [1.165, 1.54) is 17.1 Å². The minimum atomic E-state index is 0.724. The first-order valence-corrected chi connectivity index (χ1v) is 9.10. The van der Waals surface area contributed by atoms with Gasteiger partial charge in [0.05, 0.1) is 11.4 Å². The van der Waals surface area contributed by atoms with Crippen LogP contribution in [0.5, 0.6) is 0 Å². The summed E-state index contributed by atoms with van der Waals surface area (Å²) < 4.78 is 4.38. The number of aromatic amines is 1. The lowest BCUT2D eigenvalue weighted by atomic mass is 10.1. The Kier molecular flexibility index (Phi) is 4.97. The number of benzene rings is 1. The summed E-state index contributed by atoms with van der Waals surface area (Å²) in [6.07, 6.45) is 0.851. The predicted octanol–water partition coefficient (Wildman–Crippen LogP) is 3.52. The van der Waals surface area contributed by atoms with Gasteiger partial charge < -0.3 is 9.88 Å². The number of thioether (sulfide) groups is 1. The van der Waals surface area contributed by atoms with Crippen LogP contribution in [0.4, 0.5) is 5.13 Å². The van der Waals surface area contributed by atoms with Crippen molar-refractivity contribution in [2.75, 3.05) is 19.0 Å². The largest absolute Gasteiger partial charge is 0.353 e. The van der Waals surface area contributed by atoms with E-state index in [2.05, 4.69) is 45.5 Å². The number of aryl methyl sites for hydroxylation is 1. The zero-order valence-corrected chi connectivity index (χ0v) is 15.0. The molecule has 0 spiro atoms. The lowest BCUT2D eigenvalue weighted by Crippen LogP contribution is -2.07. The number of hydrogen-bond donors (Lipinski definition) is 1. The van der Waals surface area contributed by atoms with E-state index < -0.39 is 0 Å². The summed E-state index contributed by atoms with van der Waals surface area (Å²) in [5.74, 6) is 1.57. The molecule has 3 aromatic rings. The molecule has 3 rings (SSSR count). The Labute approximate surface area is 144 Å². The molecular formula is C16H19N5S2. The normalized spacial score (nSPS) is 10.9. The van der Waals surface area contributed by atoms with Crippen LogP contribution in [0.2, 0.25) is 0 Å². The van der Waals surface area contributed by atoms with Gasteiger partial charge in [0.15, 0.2) is 11.0 Å². The van der Waals surface area contributed by atoms with Gasteiger partial charge in [-0.2, -0.15) is 4.37 Å². The van der Waals surface area contributed by atoms with Crippen molar-refractivity contribution >= 4 is 28.4 Å². The number of imidazole rings is 1. The first-order chi connectivity index (χ1) is 11.1. The van der Waals surface area contributed by atoms with Gasteiger partial charge in [0, 0.05) is 37.7 Å². The average molecular weight is 345 g/mol. The van der Waals surface area contributed by atoms with Crippen molar-refractivity contribution in [2.45, 2.75) is 24.3 Å². The molecule has 2 aromatic heterocycles. The van der Waals surface area contributed by atoms with Crippen molar-refractivity contribution in [1.82, 2.24) is 19.3 Å². The summed E-state index contributed by atoms with van der Waals surface area (Å²) in [6, 6.07) is 10.4. The highest BCUT2D eigenvalue weighted by atomic mass is 32.2. The molecule has 0 atom stereocenters. The van der Waals surface area contributed by atoms with E-state index in [1.807, 2.05) is 25.1 Å². The van der Waals surface area contributed by atoms with E-state index in [4.69, 9.17) is 4.98 Å². The van der Waals surface area contributed by atoms with E-state index in [1.54, 1.807) is 11.8 Å². The predicted molar refractivity (Wildman–Crippen MR) is 96.4 cm³/mol. The summed E-state index contributed by atoms with van der Waals surface area (Å²) in [6.45, 7) is 2.07. The second-order valence-corrected chi connectivity index (χ2v) is 7.15. The molecule has 0 radical (unpaired) electrons. The van der Waals surface area contributed by atoms with Gasteiger partial charge in [-0.05, 0) is 12.5 Å². The van der Waals surface area contributed by atoms with Crippen LogP contribution < -0.4 is 4.90 Å². The number of H-pyrrole nitrogens is 1. The lowest BCUT2D eigenvalue weighted by Gasteiger charge is -2.03. The van der Waals surface area contributed by atoms with E-state index in [0.29, 0.717) is 0 Å². The van der Waals surface area contributed by atoms with E-state index in [0.717, 1.165) is 39.7 Å². The molecule has 0 aliphatic rings. The number of hydrogen-bond acceptors (Lipinski definition) is 6. The molecule has 0 unspecified atom stereocenters. The monoisotopic (exact) mass is 345 g/mol. The van der Waals surface area contributed by atoms with Crippen LogP contribution in [-0.2, 0) is 12.2 Å². The van der Waals surface area contributed by atoms with Gasteiger partial charge in [0.1, 0.15) is 0 Å². The summed E-state index contributed by atoms with van der Waals surface area (Å²) in [5.41, 5.74) is 3.49. The molecule has 0 aliphatic carbocycles. The quantitative estimate of drug-likeness (QED) is 0.693. The number of rotatable bonds is 6. The number of nitrogens with one attached hydrogen (secondary N) is 1. The highest BCUT2D eigenvalue weighted by molar-refractivity contribution is 7.98. The Hall–Kier alpha value is -1.86. The zero-order chi connectivity index (χ0) is 16.2. The molecule has 0 fully saturated rings. The fraction of sp³-hybridized carbons (Fsp3) is 0.312. The van der Waals surface area contributed by atoms with Crippen molar-refractivity contribution in [2.24, 2.45) is 0 Å². The molecule has 0 saturated carbocycles. The van der Waals surface area contributed by atoms with Gasteiger partial charge in [-0.3, -0.25) is 0 Å². The fourth-order valence-electron chi connectivity index (χ4n) is 2.11. The first kappa shape index (κ1) is 16.0. The Morgan fingerprint density at radius 2 is 1.96 bits per heavy atom. The standard InChI is InChI=1S/C16H19N5S2/c1-11-13(9-12-7-5-4-6-8-12)18-15(17-11)22-10-14-19-16(21(2)3)23-20-14/h4-8H,9-10H2,1-3H3,(H,17,18). The van der Waals surface area contributed by atoms with Crippen molar-refractivity contribution in [3.05, 3.63) is 53.1 Å². The molecule has 1 N–H and O–H groups in total. The smallest absolute Gasteiger partial charge is 0.204 e. The van der Waals surface area contributed by atoms with Gasteiger partial charge in [0.25, 0.3) is 0 Å². The van der Waals surface area contributed by atoms with Gasteiger partial charge in [-0.1, -0.05) is 42.1 Å². The maximum absolute atomic E-state index is 4.71. The van der Waals surface area contributed by atoms with Crippen LogP contribution in [-0.4, -0.2) is 33.4 Å².